The summed E-state index contributed by atoms with van der Waals surface area (Å²) < 4.78 is 1.95. The van der Waals surface area contributed by atoms with Crippen molar-refractivity contribution in [1.29, 1.82) is 0 Å². The molecule has 0 atom stereocenters. The summed E-state index contributed by atoms with van der Waals surface area (Å²) in [7, 11) is 0. The number of aryl methyl sites for hydroxylation is 2. The second-order valence-corrected chi connectivity index (χ2v) is 5.69. The van der Waals surface area contributed by atoms with Gasteiger partial charge in [-0.05, 0) is 32.4 Å². The van der Waals surface area contributed by atoms with Crippen molar-refractivity contribution >= 4 is 17.6 Å². The Kier molecular flexibility index (Phi) is 4.41. The molecule has 0 aliphatic heterocycles. The first kappa shape index (κ1) is 15.9. The van der Waals surface area contributed by atoms with Crippen LogP contribution >= 0.6 is 0 Å². The fourth-order valence-corrected chi connectivity index (χ4v) is 2.54. The Bertz CT molecular complexity index is 816. The smallest absolute Gasteiger partial charge is 0.232 e. The molecule has 1 aromatic carbocycles. The van der Waals surface area contributed by atoms with Gasteiger partial charge in [-0.25, -0.2) is 4.68 Å². The minimum Gasteiger partial charge on any atom is -0.368 e. The van der Waals surface area contributed by atoms with E-state index in [9.17, 15) is 0 Å². The lowest BCUT2D eigenvalue weighted by molar-refractivity contribution is 0.776. The molecule has 7 heteroatoms. The average molecular weight is 323 g/mol. The van der Waals surface area contributed by atoms with E-state index in [1.54, 1.807) is 13.1 Å². The molecule has 0 fully saturated rings. The molecule has 0 saturated heterocycles. The Morgan fingerprint density at radius 3 is 2.50 bits per heavy atom. The zero-order chi connectivity index (χ0) is 17.1. The molecule has 0 amide bonds. The number of hydrogen-bond donors (Lipinski definition) is 2. The van der Waals surface area contributed by atoms with Crippen LogP contribution in [0.1, 0.15) is 30.4 Å². The molecule has 0 radical (unpaired) electrons. The van der Waals surface area contributed by atoms with Gasteiger partial charge in [-0.3, -0.25) is 0 Å². The van der Waals surface area contributed by atoms with E-state index < -0.39 is 0 Å². The quantitative estimate of drug-likeness (QED) is 0.749. The number of hydrogen-bond acceptors (Lipinski definition) is 6. The minimum atomic E-state index is 0.202. The number of nitrogens with two attached hydrogens (primary N) is 1. The topological polar surface area (TPSA) is 94.5 Å². The largest absolute Gasteiger partial charge is 0.368 e. The first-order chi connectivity index (χ1) is 11.6. The monoisotopic (exact) mass is 323 g/mol. The third-order valence-electron chi connectivity index (χ3n) is 3.65. The predicted molar refractivity (Wildman–Crippen MR) is 94.6 cm³/mol. The molecule has 0 bridgehead atoms. The third-order valence-corrected chi connectivity index (χ3v) is 3.65. The van der Waals surface area contributed by atoms with Crippen LogP contribution < -0.4 is 11.1 Å². The lowest BCUT2D eigenvalue weighted by Gasteiger charge is -2.10. The molecule has 0 spiro atoms. The zero-order valence-corrected chi connectivity index (χ0v) is 14.1. The molecule has 3 aromatic rings. The molecular formula is C17H21N7. The SMILES string of the molecule is CCCc1c(Nc2nc(C)nc(N)n2)cnn1-c1ccc(C)cc1. The molecular weight excluding hydrogens is 302 g/mol. The van der Waals surface area contributed by atoms with Crippen LogP contribution in [-0.2, 0) is 6.42 Å². The van der Waals surface area contributed by atoms with Crippen molar-refractivity contribution in [2.24, 2.45) is 0 Å². The molecule has 124 valence electrons. The van der Waals surface area contributed by atoms with Gasteiger partial charge < -0.3 is 11.1 Å². The number of nitrogen functional groups attached to an aromatic ring is 1. The molecule has 3 rings (SSSR count). The van der Waals surface area contributed by atoms with E-state index in [1.165, 1.54) is 5.56 Å². The van der Waals surface area contributed by atoms with Crippen LogP contribution in [-0.4, -0.2) is 24.7 Å². The molecule has 0 unspecified atom stereocenters. The summed E-state index contributed by atoms with van der Waals surface area (Å²) in [6.07, 6.45) is 3.68. The Balaban J connectivity index is 1.97. The van der Waals surface area contributed by atoms with Gasteiger partial charge >= 0.3 is 0 Å². The van der Waals surface area contributed by atoms with Crippen molar-refractivity contribution in [2.45, 2.75) is 33.6 Å². The Labute approximate surface area is 141 Å². The lowest BCUT2D eigenvalue weighted by Crippen LogP contribution is -2.07. The van der Waals surface area contributed by atoms with E-state index in [0.717, 1.165) is 29.9 Å². The second kappa shape index (κ2) is 6.66. The van der Waals surface area contributed by atoms with Crippen molar-refractivity contribution in [3.63, 3.8) is 0 Å². The second-order valence-electron chi connectivity index (χ2n) is 5.69. The molecule has 7 nitrogen and oxygen atoms in total. The van der Waals surface area contributed by atoms with Crippen LogP contribution in [0.25, 0.3) is 5.69 Å². The fourth-order valence-electron chi connectivity index (χ4n) is 2.54. The highest BCUT2D eigenvalue weighted by Crippen LogP contribution is 2.23. The Hall–Kier alpha value is -2.96. The van der Waals surface area contributed by atoms with Crippen molar-refractivity contribution < 1.29 is 0 Å². The highest BCUT2D eigenvalue weighted by Gasteiger charge is 2.13. The maximum atomic E-state index is 5.70. The summed E-state index contributed by atoms with van der Waals surface area (Å²) in [5.74, 6) is 1.21. The number of anilines is 3. The van der Waals surface area contributed by atoms with Gasteiger partial charge in [-0.15, -0.1) is 0 Å². The van der Waals surface area contributed by atoms with Gasteiger partial charge in [0.2, 0.25) is 11.9 Å². The highest BCUT2D eigenvalue weighted by molar-refractivity contribution is 5.58. The molecule has 0 aliphatic rings. The maximum absolute atomic E-state index is 5.70. The van der Waals surface area contributed by atoms with E-state index in [2.05, 4.69) is 63.5 Å². The number of benzene rings is 1. The summed E-state index contributed by atoms with van der Waals surface area (Å²) in [5, 5.41) is 7.74. The Morgan fingerprint density at radius 1 is 1.08 bits per heavy atom. The zero-order valence-electron chi connectivity index (χ0n) is 14.1. The van der Waals surface area contributed by atoms with Crippen LogP contribution in [0.5, 0.6) is 0 Å². The summed E-state index contributed by atoms with van der Waals surface area (Å²) >= 11 is 0. The molecule has 24 heavy (non-hydrogen) atoms. The number of nitrogens with one attached hydrogen (secondary N) is 1. The highest BCUT2D eigenvalue weighted by atomic mass is 15.3. The number of nitrogens with zero attached hydrogens (tertiary/aromatic N) is 5. The third kappa shape index (κ3) is 3.34. The molecule has 2 aromatic heterocycles. The summed E-state index contributed by atoms with van der Waals surface area (Å²) in [6.45, 7) is 5.99. The van der Waals surface area contributed by atoms with Gasteiger partial charge in [-0.1, -0.05) is 31.0 Å². The number of rotatable bonds is 5. The average Bonchev–Trinajstić information content (AvgIpc) is 2.90. The van der Waals surface area contributed by atoms with Gasteiger partial charge in [0.25, 0.3) is 0 Å². The molecule has 3 N–H and O–H groups in total. The van der Waals surface area contributed by atoms with Crippen molar-refractivity contribution in [3.05, 3.63) is 47.5 Å². The predicted octanol–water partition coefficient (Wildman–Crippen LogP) is 2.95. The van der Waals surface area contributed by atoms with E-state index in [-0.39, 0.29) is 5.95 Å². The van der Waals surface area contributed by atoms with Crippen LogP contribution in [0.3, 0.4) is 0 Å². The van der Waals surface area contributed by atoms with Gasteiger partial charge in [0.1, 0.15) is 5.82 Å². The van der Waals surface area contributed by atoms with Crippen molar-refractivity contribution in [2.75, 3.05) is 11.1 Å². The van der Waals surface area contributed by atoms with Gasteiger partial charge in [-0.2, -0.15) is 20.1 Å². The van der Waals surface area contributed by atoms with E-state index in [0.29, 0.717) is 11.8 Å². The standard InChI is InChI=1S/C17H21N7/c1-4-5-15-14(22-17-21-12(3)20-16(18)23-17)10-19-24(15)13-8-6-11(2)7-9-13/h6-10H,4-5H2,1-3H3,(H3,18,20,21,22,23). The Morgan fingerprint density at radius 2 is 1.83 bits per heavy atom. The van der Waals surface area contributed by atoms with E-state index in [4.69, 9.17) is 5.73 Å². The van der Waals surface area contributed by atoms with Crippen molar-refractivity contribution in [1.82, 2.24) is 24.7 Å². The first-order valence-electron chi connectivity index (χ1n) is 7.96. The van der Waals surface area contributed by atoms with Gasteiger partial charge in [0.15, 0.2) is 0 Å². The first-order valence-corrected chi connectivity index (χ1v) is 7.96. The number of aromatic nitrogens is 5. The summed E-state index contributed by atoms with van der Waals surface area (Å²) in [5.41, 5.74) is 9.91. The van der Waals surface area contributed by atoms with Crippen LogP contribution in [0.15, 0.2) is 30.5 Å². The maximum Gasteiger partial charge on any atom is 0.232 e. The van der Waals surface area contributed by atoms with Crippen LogP contribution in [0, 0.1) is 13.8 Å². The van der Waals surface area contributed by atoms with Crippen LogP contribution in [0.2, 0.25) is 0 Å². The normalized spacial score (nSPS) is 10.8. The van der Waals surface area contributed by atoms with E-state index >= 15 is 0 Å². The van der Waals surface area contributed by atoms with Gasteiger partial charge in [0.05, 0.1) is 23.3 Å². The summed E-state index contributed by atoms with van der Waals surface area (Å²) in [4.78, 5) is 12.4. The van der Waals surface area contributed by atoms with E-state index in [1.807, 2.05) is 4.68 Å². The van der Waals surface area contributed by atoms with Crippen LogP contribution in [0.4, 0.5) is 17.6 Å². The molecule has 2 heterocycles. The van der Waals surface area contributed by atoms with Gasteiger partial charge in [0, 0.05) is 0 Å². The van der Waals surface area contributed by atoms with Crippen molar-refractivity contribution in [3.8, 4) is 5.69 Å². The minimum absolute atomic E-state index is 0.202. The fraction of sp³-hybridized carbons (Fsp3) is 0.294. The summed E-state index contributed by atoms with van der Waals surface area (Å²) in [6, 6.07) is 8.29. The molecule has 0 aliphatic carbocycles. The lowest BCUT2D eigenvalue weighted by atomic mass is 10.2. The molecule has 0 saturated carbocycles.